The van der Waals surface area contributed by atoms with Crippen molar-refractivity contribution in [1.29, 1.82) is 0 Å². The summed E-state index contributed by atoms with van der Waals surface area (Å²) in [5, 5.41) is 9.69. The summed E-state index contributed by atoms with van der Waals surface area (Å²) in [4.78, 5) is 15.2. The van der Waals surface area contributed by atoms with Gasteiger partial charge in [0.1, 0.15) is 5.69 Å². The van der Waals surface area contributed by atoms with E-state index in [0.29, 0.717) is 0 Å². The minimum absolute atomic E-state index is 0.102. The molecule has 1 saturated heterocycles. The van der Waals surface area contributed by atoms with Crippen molar-refractivity contribution in [1.82, 2.24) is 24.5 Å². The third kappa shape index (κ3) is 4.86. The van der Waals surface area contributed by atoms with E-state index in [1.807, 2.05) is 16.8 Å². The Morgan fingerprint density at radius 2 is 1.85 bits per heavy atom. The Balaban J connectivity index is 1.38. The van der Waals surface area contributed by atoms with Gasteiger partial charge >= 0.3 is 0 Å². The number of imidazole rings is 1. The lowest BCUT2D eigenvalue weighted by Gasteiger charge is -2.34. The minimum atomic E-state index is -0.102. The molecule has 1 aliphatic rings. The third-order valence-electron chi connectivity index (χ3n) is 5.73. The second kappa shape index (κ2) is 8.76. The van der Waals surface area contributed by atoms with Crippen LogP contribution < -0.4 is 10.2 Å². The lowest BCUT2D eigenvalue weighted by Crippen LogP contribution is -2.46. The van der Waals surface area contributed by atoms with E-state index in [4.69, 9.17) is 10.1 Å². The fourth-order valence-corrected chi connectivity index (χ4v) is 5.10. The summed E-state index contributed by atoms with van der Waals surface area (Å²) in [6.45, 7) is 13.4. The van der Waals surface area contributed by atoms with E-state index in [2.05, 4.69) is 84.2 Å². The van der Waals surface area contributed by atoms with Gasteiger partial charge in [0, 0.05) is 50.0 Å². The van der Waals surface area contributed by atoms with E-state index in [0.717, 1.165) is 65.6 Å². The van der Waals surface area contributed by atoms with Crippen molar-refractivity contribution in [3.63, 3.8) is 0 Å². The van der Waals surface area contributed by atoms with Crippen LogP contribution in [0.2, 0.25) is 0 Å². The van der Waals surface area contributed by atoms with Gasteiger partial charge < -0.3 is 10.2 Å². The predicted molar refractivity (Wildman–Crippen MR) is 136 cm³/mol. The molecule has 1 fully saturated rings. The Hall–Kier alpha value is -2.97. The average Bonchev–Trinajstić information content (AvgIpc) is 3.33. The van der Waals surface area contributed by atoms with Crippen molar-refractivity contribution < 1.29 is 0 Å². The molecule has 5 rings (SSSR count). The maximum atomic E-state index is 5.01. The zero-order chi connectivity index (χ0) is 23.0. The van der Waals surface area contributed by atoms with Crippen LogP contribution in [0, 0.1) is 6.92 Å². The number of aromatic nitrogens is 4. The molecule has 8 heteroatoms. The number of hydrogen-bond acceptors (Lipinski definition) is 7. The molecule has 4 aromatic rings. The smallest absolute Gasteiger partial charge is 0.216 e. The van der Waals surface area contributed by atoms with Gasteiger partial charge in [-0.15, -0.1) is 5.10 Å². The fourth-order valence-electron chi connectivity index (χ4n) is 4.15. The molecular weight excluding hydrogens is 430 g/mol. The van der Waals surface area contributed by atoms with Crippen LogP contribution in [-0.4, -0.2) is 56.2 Å². The number of hydrogen-bond donors (Lipinski definition) is 1. The Kier molecular flexibility index (Phi) is 5.80. The van der Waals surface area contributed by atoms with Crippen LogP contribution in [0.1, 0.15) is 32.0 Å². The molecule has 3 aromatic heterocycles. The number of pyridine rings is 1. The third-order valence-corrected chi connectivity index (χ3v) is 6.70. The first kappa shape index (κ1) is 21.9. The van der Waals surface area contributed by atoms with Gasteiger partial charge in [0.2, 0.25) is 10.1 Å². The molecule has 7 nitrogen and oxygen atoms in total. The number of anilines is 2. The molecule has 0 saturated carbocycles. The molecule has 0 amide bonds. The first-order valence-electron chi connectivity index (χ1n) is 11.5. The van der Waals surface area contributed by atoms with Crippen LogP contribution in [0.4, 0.5) is 10.9 Å². The maximum Gasteiger partial charge on any atom is 0.216 e. The molecule has 172 valence electrons. The van der Waals surface area contributed by atoms with Crippen LogP contribution in [0.15, 0.2) is 48.7 Å². The monoisotopic (exact) mass is 461 g/mol. The minimum Gasteiger partial charge on any atom is -0.364 e. The van der Waals surface area contributed by atoms with Crippen LogP contribution >= 0.6 is 11.3 Å². The van der Waals surface area contributed by atoms with Gasteiger partial charge in [-0.05, 0) is 45.9 Å². The van der Waals surface area contributed by atoms with Crippen molar-refractivity contribution in [2.75, 3.05) is 36.4 Å². The number of piperazine rings is 1. The van der Waals surface area contributed by atoms with E-state index in [-0.39, 0.29) is 5.54 Å². The Labute approximate surface area is 199 Å². The first-order valence-corrected chi connectivity index (χ1v) is 12.3. The largest absolute Gasteiger partial charge is 0.364 e. The SMILES string of the molecule is Cc1cccc(-c2nc3sc(N4CCN(Cc5ccccn5)CC4)nn3c2NC(C)(C)C)c1. The molecule has 0 atom stereocenters. The second-order valence-electron chi connectivity index (χ2n) is 9.72. The zero-order valence-electron chi connectivity index (χ0n) is 19.7. The molecule has 0 unspecified atom stereocenters. The fraction of sp³-hybridized carbons (Fsp3) is 0.400. The summed E-state index contributed by atoms with van der Waals surface area (Å²) in [6.07, 6.45) is 1.87. The standard InChI is InChI=1S/C25H31N7S/c1-18-8-7-9-19(16-18)21-22(28-25(2,3)4)32-23(27-21)33-24(29-32)31-14-12-30(13-15-31)17-20-10-5-6-11-26-20/h5-11,16,28H,12-15,17H2,1-4H3. The Morgan fingerprint density at radius 1 is 1.03 bits per heavy atom. The van der Waals surface area contributed by atoms with Gasteiger partial charge in [-0.3, -0.25) is 9.88 Å². The van der Waals surface area contributed by atoms with Crippen molar-refractivity contribution in [3.8, 4) is 11.3 Å². The summed E-state index contributed by atoms with van der Waals surface area (Å²) in [7, 11) is 0. The van der Waals surface area contributed by atoms with Gasteiger partial charge in [0.15, 0.2) is 5.82 Å². The second-order valence-corrected chi connectivity index (χ2v) is 10.7. The van der Waals surface area contributed by atoms with Crippen LogP contribution in [0.25, 0.3) is 16.2 Å². The van der Waals surface area contributed by atoms with Crippen molar-refractivity contribution in [2.24, 2.45) is 0 Å². The Bertz CT molecular complexity index is 1230. The van der Waals surface area contributed by atoms with E-state index >= 15 is 0 Å². The maximum absolute atomic E-state index is 5.01. The molecule has 0 aliphatic carbocycles. The van der Waals surface area contributed by atoms with Crippen LogP contribution in [0.5, 0.6) is 0 Å². The van der Waals surface area contributed by atoms with Gasteiger partial charge in [0.05, 0.1) is 5.69 Å². The molecule has 1 aromatic carbocycles. The van der Waals surface area contributed by atoms with Gasteiger partial charge in [-0.1, -0.05) is 41.2 Å². The van der Waals surface area contributed by atoms with E-state index < -0.39 is 0 Å². The Morgan fingerprint density at radius 3 is 2.55 bits per heavy atom. The van der Waals surface area contributed by atoms with Crippen molar-refractivity contribution in [3.05, 3.63) is 59.9 Å². The molecular formula is C25H31N7S. The van der Waals surface area contributed by atoms with E-state index in [9.17, 15) is 0 Å². The highest BCUT2D eigenvalue weighted by Gasteiger charge is 2.25. The highest BCUT2D eigenvalue weighted by Crippen LogP contribution is 2.35. The number of fused-ring (bicyclic) bond motifs is 1. The van der Waals surface area contributed by atoms with Gasteiger partial charge in [-0.25, -0.2) is 4.98 Å². The lowest BCUT2D eigenvalue weighted by atomic mass is 10.1. The summed E-state index contributed by atoms with van der Waals surface area (Å²) in [5.74, 6) is 0.958. The van der Waals surface area contributed by atoms with E-state index in [1.165, 1.54) is 5.56 Å². The highest BCUT2D eigenvalue weighted by atomic mass is 32.1. The predicted octanol–water partition coefficient (Wildman–Crippen LogP) is 4.69. The van der Waals surface area contributed by atoms with Gasteiger partial charge in [-0.2, -0.15) is 4.52 Å². The summed E-state index contributed by atoms with van der Waals surface area (Å²) in [5.41, 5.74) is 4.32. The summed E-state index contributed by atoms with van der Waals surface area (Å²) >= 11 is 1.66. The molecule has 0 radical (unpaired) electrons. The summed E-state index contributed by atoms with van der Waals surface area (Å²) in [6, 6.07) is 14.6. The number of aryl methyl sites for hydroxylation is 1. The molecule has 4 heterocycles. The number of nitrogens with zero attached hydrogens (tertiary/aromatic N) is 6. The van der Waals surface area contributed by atoms with E-state index in [1.54, 1.807) is 11.3 Å². The quantitative estimate of drug-likeness (QED) is 0.465. The normalized spacial score (nSPS) is 15.3. The topological polar surface area (TPSA) is 61.6 Å². The van der Waals surface area contributed by atoms with Crippen LogP contribution in [0.3, 0.4) is 0 Å². The average molecular weight is 462 g/mol. The summed E-state index contributed by atoms with van der Waals surface area (Å²) < 4.78 is 1.99. The van der Waals surface area contributed by atoms with Gasteiger partial charge in [0.25, 0.3) is 0 Å². The zero-order valence-corrected chi connectivity index (χ0v) is 20.6. The number of rotatable bonds is 5. The number of nitrogens with one attached hydrogen (secondary N) is 1. The molecule has 1 aliphatic heterocycles. The molecule has 0 bridgehead atoms. The van der Waals surface area contributed by atoms with Crippen LogP contribution in [-0.2, 0) is 6.54 Å². The molecule has 0 spiro atoms. The highest BCUT2D eigenvalue weighted by molar-refractivity contribution is 7.20. The van der Waals surface area contributed by atoms with Crippen molar-refractivity contribution >= 4 is 27.2 Å². The molecule has 1 N–H and O–H groups in total. The number of benzene rings is 1. The molecule has 33 heavy (non-hydrogen) atoms. The van der Waals surface area contributed by atoms with Crippen molar-refractivity contribution in [2.45, 2.75) is 39.8 Å². The first-order chi connectivity index (χ1) is 15.9. The lowest BCUT2D eigenvalue weighted by molar-refractivity contribution is 0.247.